The highest BCUT2D eigenvalue weighted by atomic mass is 79.9. The van der Waals surface area contributed by atoms with Crippen LogP contribution in [0.1, 0.15) is 26.2 Å². The first kappa shape index (κ1) is 18.9. The fourth-order valence-electron chi connectivity index (χ4n) is 2.74. The van der Waals surface area contributed by atoms with Gasteiger partial charge >= 0.3 is 0 Å². The van der Waals surface area contributed by atoms with Gasteiger partial charge in [0.1, 0.15) is 5.75 Å². The molecule has 0 saturated carbocycles. The first-order chi connectivity index (χ1) is 12.7. The number of rotatable bonds is 7. The van der Waals surface area contributed by atoms with E-state index in [2.05, 4.69) is 56.4 Å². The number of ether oxygens (including phenoxy) is 1. The number of benzene rings is 2. The first-order valence-corrected chi connectivity index (χ1v) is 10.2. The van der Waals surface area contributed by atoms with Crippen molar-refractivity contribution < 1.29 is 4.74 Å². The van der Waals surface area contributed by atoms with Gasteiger partial charge in [0.25, 0.3) is 0 Å². The summed E-state index contributed by atoms with van der Waals surface area (Å²) < 4.78 is 12.7. The summed E-state index contributed by atoms with van der Waals surface area (Å²) in [6.07, 6.45) is 2.91. The van der Waals surface area contributed by atoms with Crippen LogP contribution in [0.2, 0.25) is 0 Å². The summed E-state index contributed by atoms with van der Waals surface area (Å²) in [5.41, 5.74) is 8.02. The average molecular weight is 429 g/mol. The highest BCUT2D eigenvalue weighted by Crippen LogP contribution is 2.33. The molecule has 1 unspecified atom stereocenters. The molecule has 1 aromatic heterocycles. The van der Waals surface area contributed by atoms with E-state index in [4.69, 9.17) is 10.5 Å². The topological polar surface area (TPSA) is 48.1 Å². The van der Waals surface area contributed by atoms with E-state index < -0.39 is 0 Å². The number of fused-ring (bicyclic) bond motifs is 1. The molecule has 2 aromatic carbocycles. The molecule has 0 spiro atoms. The van der Waals surface area contributed by atoms with Crippen LogP contribution in [0, 0.1) is 11.8 Å². The van der Waals surface area contributed by atoms with Crippen LogP contribution < -0.4 is 10.5 Å². The number of aromatic nitrogens is 1. The molecule has 0 amide bonds. The summed E-state index contributed by atoms with van der Waals surface area (Å²) >= 11 is 4.98. The van der Waals surface area contributed by atoms with Gasteiger partial charge in [-0.15, -0.1) is 5.92 Å². The monoisotopic (exact) mass is 428 g/mol. The second kappa shape index (κ2) is 9.18. The maximum absolute atomic E-state index is 5.88. The normalized spacial score (nSPS) is 11.8. The average Bonchev–Trinajstić information content (AvgIpc) is 3.05. The zero-order chi connectivity index (χ0) is 18.4. The third-order valence-corrected chi connectivity index (χ3v) is 5.41. The van der Waals surface area contributed by atoms with E-state index in [9.17, 15) is 0 Å². The van der Waals surface area contributed by atoms with Crippen LogP contribution in [0.5, 0.6) is 5.75 Å². The Hall–Kier alpha value is -1.87. The van der Waals surface area contributed by atoms with E-state index in [-0.39, 0.29) is 6.04 Å². The van der Waals surface area contributed by atoms with Gasteiger partial charge in [-0.3, -0.25) is 0 Å². The van der Waals surface area contributed by atoms with E-state index in [1.807, 2.05) is 25.1 Å². The second-order valence-electron chi connectivity index (χ2n) is 6.04. The van der Waals surface area contributed by atoms with Gasteiger partial charge in [-0.2, -0.15) is 4.37 Å². The van der Waals surface area contributed by atoms with Crippen molar-refractivity contribution in [1.29, 1.82) is 0 Å². The minimum absolute atomic E-state index is 0.0226. The zero-order valence-electron chi connectivity index (χ0n) is 14.7. The van der Waals surface area contributed by atoms with E-state index >= 15 is 0 Å². The molecule has 0 aliphatic carbocycles. The van der Waals surface area contributed by atoms with Gasteiger partial charge in [0.2, 0.25) is 0 Å². The van der Waals surface area contributed by atoms with E-state index in [0.717, 1.165) is 50.8 Å². The molecule has 0 fully saturated rings. The Morgan fingerprint density at radius 3 is 2.77 bits per heavy atom. The van der Waals surface area contributed by atoms with Crippen molar-refractivity contribution in [2.45, 2.75) is 32.2 Å². The van der Waals surface area contributed by atoms with Gasteiger partial charge in [0.15, 0.2) is 0 Å². The van der Waals surface area contributed by atoms with Gasteiger partial charge in [0, 0.05) is 15.4 Å². The molecule has 0 saturated heterocycles. The predicted octanol–water partition coefficient (Wildman–Crippen LogP) is 5.63. The van der Waals surface area contributed by atoms with Crippen molar-refractivity contribution in [1.82, 2.24) is 4.37 Å². The smallest absolute Gasteiger partial charge is 0.120 e. The summed E-state index contributed by atoms with van der Waals surface area (Å²) in [7, 11) is 0. The predicted molar refractivity (Wildman–Crippen MR) is 114 cm³/mol. The SMILES string of the molecule is CC#CC(N)CCCCOc1ccc2c(-c3ccc(Br)cc3)nsc2c1. The number of nitrogens with zero attached hydrogens (tertiary/aromatic N) is 1. The molecule has 3 nitrogen and oxygen atoms in total. The number of hydrogen-bond acceptors (Lipinski definition) is 4. The maximum Gasteiger partial charge on any atom is 0.120 e. The van der Waals surface area contributed by atoms with E-state index in [0.29, 0.717) is 6.61 Å². The third-order valence-electron chi connectivity index (χ3n) is 4.07. The Kier molecular flexibility index (Phi) is 6.67. The third kappa shape index (κ3) is 4.85. The standard InChI is InChI=1S/C21H21BrN2OS/c1-2-5-17(23)6-3-4-13-25-18-11-12-19-20(14-18)26-24-21(19)15-7-9-16(22)10-8-15/h7-12,14,17H,3-4,6,13,23H2,1H3. The first-order valence-electron chi connectivity index (χ1n) is 8.63. The lowest BCUT2D eigenvalue weighted by molar-refractivity contribution is 0.305. The molecule has 134 valence electrons. The summed E-state index contributed by atoms with van der Waals surface area (Å²) in [5.74, 6) is 6.72. The molecule has 3 rings (SSSR count). The van der Waals surface area contributed by atoms with E-state index in [1.54, 1.807) is 0 Å². The lowest BCUT2D eigenvalue weighted by Gasteiger charge is -2.07. The minimum atomic E-state index is -0.0226. The Morgan fingerprint density at radius 2 is 2.00 bits per heavy atom. The fraction of sp³-hybridized carbons (Fsp3) is 0.286. The quantitative estimate of drug-likeness (QED) is 0.391. The highest BCUT2D eigenvalue weighted by Gasteiger charge is 2.09. The Morgan fingerprint density at radius 1 is 1.19 bits per heavy atom. The molecule has 2 N–H and O–H groups in total. The Labute approximate surface area is 166 Å². The van der Waals surface area contributed by atoms with Crippen LogP contribution >= 0.6 is 27.5 Å². The summed E-state index contributed by atoms with van der Waals surface area (Å²) in [5, 5.41) is 1.16. The largest absolute Gasteiger partial charge is 0.494 e. The summed E-state index contributed by atoms with van der Waals surface area (Å²) in [6, 6.07) is 14.4. The van der Waals surface area contributed by atoms with Crippen LogP contribution in [-0.4, -0.2) is 17.0 Å². The molecule has 3 aromatic rings. The Bertz CT molecular complexity index is 925. The summed E-state index contributed by atoms with van der Waals surface area (Å²) in [4.78, 5) is 0. The number of hydrogen-bond donors (Lipinski definition) is 1. The number of nitrogens with two attached hydrogens (primary N) is 1. The molecule has 0 bridgehead atoms. The van der Waals surface area contributed by atoms with Crippen molar-refractivity contribution >= 4 is 37.5 Å². The van der Waals surface area contributed by atoms with Gasteiger partial charge in [-0.1, -0.05) is 34.0 Å². The van der Waals surface area contributed by atoms with Crippen molar-refractivity contribution in [2.24, 2.45) is 5.73 Å². The molecule has 5 heteroatoms. The van der Waals surface area contributed by atoms with Crippen LogP contribution in [0.15, 0.2) is 46.9 Å². The maximum atomic E-state index is 5.88. The van der Waals surface area contributed by atoms with Gasteiger partial charge < -0.3 is 10.5 Å². The van der Waals surface area contributed by atoms with Crippen molar-refractivity contribution in [3.63, 3.8) is 0 Å². The molecule has 0 aliphatic rings. The number of halogens is 1. The molecule has 0 aliphatic heterocycles. The van der Waals surface area contributed by atoms with Crippen molar-refractivity contribution in [2.75, 3.05) is 6.61 Å². The zero-order valence-corrected chi connectivity index (χ0v) is 17.1. The van der Waals surface area contributed by atoms with Crippen molar-refractivity contribution in [3.8, 4) is 28.8 Å². The highest BCUT2D eigenvalue weighted by molar-refractivity contribution is 9.10. The Balaban J connectivity index is 1.60. The second-order valence-corrected chi connectivity index (χ2v) is 7.76. The summed E-state index contributed by atoms with van der Waals surface area (Å²) in [6.45, 7) is 2.51. The van der Waals surface area contributed by atoms with Crippen LogP contribution in [0.4, 0.5) is 0 Å². The lowest BCUT2D eigenvalue weighted by Crippen LogP contribution is -2.17. The van der Waals surface area contributed by atoms with Crippen molar-refractivity contribution in [3.05, 3.63) is 46.9 Å². The molecular weight excluding hydrogens is 408 g/mol. The molecular formula is C21H21BrN2OS. The molecule has 0 radical (unpaired) electrons. The fourth-order valence-corrected chi connectivity index (χ4v) is 3.83. The molecule has 1 heterocycles. The molecule has 1 atom stereocenters. The number of unbranched alkanes of at least 4 members (excludes halogenated alkanes) is 1. The van der Waals surface area contributed by atoms with Crippen LogP contribution in [0.25, 0.3) is 21.3 Å². The van der Waals surface area contributed by atoms with Crippen LogP contribution in [-0.2, 0) is 0 Å². The van der Waals surface area contributed by atoms with Gasteiger partial charge in [-0.25, -0.2) is 0 Å². The van der Waals surface area contributed by atoms with Gasteiger partial charge in [-0.05, 0) is 68.1 Å². The molecule has 26 heavy (non-hydrogen) atoms. The van der Waals surface area contributed by atoms with Crippen LogP contribution in [0.3, 0.4) is 0 Å². The van der Waals surface area contributed by atoms with E-state index in [1.165, 1.54) is 11.5 Å². The minimum Gasteiger partial charge on any atom is -0.494 e. The van der Waals surface area contributed by atoms with Gasteiger partial charge in [0.05, 0.1) is 23.0 Å². The lowest BCUT2D eigenvalue weighted by atomic mass is 10.1.